The molecule has 0 aliphatic heterocycles. The van der Waals surface area contributed by atoms with E-state index in [1.807, 2.05) is 32.0 Å². The van der Waals surface area contributed by atoms with E-state index < -0.39 is 4.92 Å². The molecule has 21 heavy (non-hydrogen) atoms. The average molecular weight is 287 g/mol. The van der Waals surface area contributed by atoms with Crippen LogP contribution in [0.2, 0.25) is 0 Å². The van der Waals surface area contributed by atoms with E-state index in [-0.39, 0.29) is 18.0 Å². The zero-order chi connectivity index (χ0) is 15.4. The second-order valence-corrected chi connectivity index (χ2v) is 4.77. The van der Waals surface area contributed by atoms with Crippen LogP contribution < -0.4 is 9.47 Å². The summed E-state index contributed by atoms with van der Waals surface area (Å²) in [6.45, 7) is 4.22. The molecule has 0 saturated heterocycles. The number of aryl methyl sites for hydroxylation is 2. The maximum absolute atomic E-state index is 11.0. The molecular formula is C16H17NO4. The highest BCUT2D eigenvalue weighted by Crippen LogP contribution is 2.29. The van der Waals surface area contributed by atoms with Crippen LogP contribution in [0.1, 0.15) is 16.7 Å². The first-order chi connectivity index (χ1) is 10.0. The monoisotopic (exact) mass is 287 g/mol. The van der Waals surface area contributed by atoms with Crippen LogP contribution in [-0.2, 0) is 6.61 Å². The fourth-order valence-electron chi connectivity index (χ4n) is 2.15. The molecule has 0 heterocycles. The topological polar surface area (TPSA) is 61.6 Å². The Labute approximate surface area is 123 Å². The molecule has 0 unspecified atom stereocenters. The maximum atomic E-state index is 11.0. The molecule has 0 bridgehead atoms. The highest BCUT2D eigenvalue weighted by molar-refractivity contribution is 5.48. The molecule has 0 N–H and O–H groups in total. The molecule has 0 aromatic heterocycles. The minimum Gasteiger partial charge on any atom is -0.490 e. The van der Waals surface area contributed by atoms with E-state index in [2.05, 4.69) is 0 Å². The van der Waals surface area contributed by atoms with Crippen molar-refractivity contribution in [3.63, 3.8) is 0 Å². The van der Waals surface area contributed by atoms with Crippen molar-refractivity contribution in [1.29, 1.82) is 0 Å². The maximum Gasteiger partial charge on any atom is 0.311 e. The third kappa shape index (κ3) is 3.31. The number of para-hydroxylation sites is 1. The van der Waals surface area contributed by atoms with E-state index >= 15 is 0 Å². The number of rotatable bonds is 5. The van der Waals surface area contributed by atoms with Crippen molar-refractivity contribution in [1.82, 2.24) is 0 Å². The molecule has 0 radical (unpaired) electrons. The summed E-state index contributed by atoms with van der Waals surface area (Å²) in [5.74, 6) is 1.06. The molecule has 0 amide bonds. The molecule has 0 aliphatic rings. The van der Waals surface area contributed by atoms with Crippen molar-refractivity contribution < 1.29 is 14.4 Å². The van der Waals surface area contributed by atoms with Crippen molar-refractivity contribution in [2.75, 3.05) is 7.11 Å². The second kappa shape index (κ2) is 6.26. The van der Waals surface area contributed by atoms with Gasteiger partial charge in [-0.15, -0.1) is 0 Å². The Bertz CT molecular complexity index is 647. The lowest BCUT2D eigenvalue weighted by Gasteiger charge is -2.12. The van der Waals surface area contributed by atoms with Gasteiger partial charge >= 0.3 is 5.69 Å². The van der Waals surface area contributed by atoms with Gasteiger partial charge in [-0.3, -0.25) is 10.1 Å². The summed E-state index contributed by atoms with van der Waals surface area (Å²) < 4.78 is 10.8. The van der Waals surface area contributed by atoms with Gasteiger partial charge in [-0.05, 0) is 36.6 Å². The Morgan fingerprint density at radius 2 is 1.81 bits per heavy atom. The molecule has 0 saturated carbocycles. The number of hydrogen-bond acceptors (Lipinski definition) is 4. The summed E-state index contributed by atoms with van der Waals surface area (Å²) in [5, 5.41) is 11.0. The van der Waals surface area contributed by atoms with Gasteiger partial charge in [0.1, 0.15) is 12.4 Å². The highest BCUT2D eigenvalue weighted by atomic mass is 16.6. The first-order valence-corrected chi connectivity index (χ1v) is 6.53. The van der Waals surface area contributed by atoms with E-state index in [1.165, 1.54) is 13.2 Å². The van der Waals surface area contributed by atoms with Gasteiger partial charge in [0.2, 0.25) is 0 Å². The Balaban J connectivity index is 2.21. The molecule has 2 rings (SSSR count). The van der Waals surface area contributed by atoms with Crippen LogP contribution in [0, 0.1) is 24.0 Å². The van der Waals surface area contributed by atoms with Crippen molar-refractivity contribution >= 4 is 5.69 Å². The molecule has 0 spiro atoms. The summed E-state index contributed by atoms with van der Waals surface area (Å²) in [6, 6.07) is 10.7. The van der Waals surface area contributed by atoms with E-state index in [0.717, 1.165) is 22.4 Å². The van der Waals surface area contributed by atoms with Gasteiger partial charge in [0.25, 0.3) is 0 Å². The Morgan fingerprint density at radius 1 is 1.14 bits per heavy atom. The largest absolute Gasteiger partial charge is 0.490 e. The lowest BCUT2D eigenvalue weighted by atomic mass is 10.1. The van der Waals surface area contributed by atoms with Crippen LogP contribution >= 0.6 is 0 Å². The minimum absolute atomic E-state index is 0.0555. The predicted molar refractivity (Wildman–Crippen MR) is 79.9 cm³/mol. The van der Waals surface area contributed by atoms with Crippen molar-refractivity contribution in [3.05, 3.63) is 63.2 Å². The van der Waals surface area contributed by atoms with E-state index in [4.69, 9.17) is 9.47 Å². The third-order valence-corrected chi connectivity index (χ3v) is 3.23. The molecular weight excluding hydrogens is 270 g/mol. The van der Waals surface area contributed by atoms with Crippen molar-refractivity contribution in [2.45, 2.75) is 20.5 Å². The number of ether oxygens (including phenoxy) is 2. The molecule has 5 nitrogen and oxygen atoms in total. The second-order valence-electron chi connectivity index (χ2n) is 4.77. The summed E-state index contributed by atoms with van der Waals surface area (Å²) in [6.07, 6.45) is 0. The standard InChI is InChI=1S/C16H17NO4/c1-11-5-4-6-12(2)16(11)21-10-13-7-8-15(20-3)14(9-13)17(18)19/h4-9H,10H2,1-3H3. The van der Waals surface area contributed by atoms with Gasteiger partial charge in [-0.25, -0.2) is 0 Å². The van der Waals surface area contributed by atoms with Crippen molar-refractivity contribution in [3.8, 4) is 11.5 Å². The Hall–Kier alpha value is -2.56. The minimum atomic E-state index is -0.457. The van der Waals surface area contributed by atoms with Gasteiger partial charge in [-0.2, -0.15) is 0 Å². The molecule has 2 aromatic carbocycles. The van der Waals surface area contributed by atoms with E-state index in [9.17, 15) is 10.1 Å². The normalized spacial score (nSPS) is 10.2. The van der Waals surface area contributed by atoms with Gasteiger partial charge in [0.15, 0.2) is 5.75 Å². The summed E-state index contributed by atoms with van der Waals surface area (Å²) in [5.41, 5.74) is 2.75. The third-order valence-electron chi connectivity index (χ3n) is 3.23. The fourth-order valence-corrected chi connectivity index (χ4v) is 2.15. The number of hydrogen-bond donors (Lipinski definition) is 0. The summed E-state index contributed by atoms with van der Waals surface area (Å²) >= 11 is 0. The van der Waals surface area contributed by atoms with E-state index in [1.54, 1.807) is 12.1 Å². The van der Waals surface area contributed by atoms with Crippen LogP contribution in [-0.4, -0.2) is 12.0 Å². The van der Waals surface area contributed by atoms with Crippen LogP contribution in [0.25, 0.3) is 0 Å². The summed E-state index contributed by atoms with van der Waals surface area (Å²) in [7, 11) is 1.41. The lowest BCUT2D eigenvalue weighted by Crippen LogP contribution is -2.01. The molecule has 0 atom stereocenters. The van der Waals surface area contributed by atoms with Crippen LogP contribution in [0.4, 0.5) is 5.69 Å². The smallest absolute Gasteiger partial charge is 0.311 e. The number of nitro benzene ring substituents is 1. The molecule has 2 aromatic rings. The number of benzene rings is 2. The Morgan fingerprint density at radius 3 is 2.38 bits per heavy atom. The van der Waals surface area contributed by atoms with Gasteiger partial charge in [-0.1, -0.05) is 24.3 Å². The van der Waals surface area contributed by atoms with E-state index in [0.29, 0.717) is 0 Å². The first kappa shape index (κ1) is 14.8. The quantitative estimate of drug-likeness (QED) is 0.620. The van der Waals surface area contributed by atoms with Gasteiger partial charge < -0.3 is 9.47 Å². The average Bonchev–Trinajstić information content (AvgIpc) is 2.46. The number of methoxy groups -OCH3 is 1. The molecule has 5 heteroatoms. The molecule has 0 fully saturated rings. The first-order valence-electron chi connectivity index (χ1n) is 6.53. The van der Waals surface area contributed by atoms with Crippen molar-refractivity contribution in [2.24, 2.45) is 0 Å². The van der Waals surface area contributed by atoms with Gasteiger partial charge in [0, 0.05) is 6.07 Å². The molecule has 110 valence electrons. The van der Waals surface area contributed by atoms with Gasteiger partial charge in [0.05, 0.1) is 12.0 Å². The van der Waals surface area contributed by atoms with Crippen LogP contribution in [0.15, 0.2) is 36.4 Å². The predicted octanol–water partition coefficient (Wildman–Crippen LogP) is 3.80. The zero-order valence-corrected chi connectivity index (χ0v) is 12.3. The number of nitro groups is 1. The molecule has 0 aliphatic carbocycles. The van der Waals surface area contributed by atoms with Crippen LogP contribution in [0.5, 0.6) is 11.5 Å². The zero-order valence-electron chi connectivity index (χ0n) is 12.3. The fraction of sp³-hybridized carbons (Fsp3) is 0.250. The highest BCUT2D eigenvalue weighted by Gasteiger charge is 2.15. The lowest BCUT2D eigenvalue weighted by molar-refractivity contribution is -0.385. The summed E-state index contributed by atoms with van der Waals surface area (Å²) in [4.78, 5) is 10.5. The van der Waals surface area contributed by atoms with Crippen LogP contribution in [0.3, 0.4) is 0 Å². The number of nitrogens with zero attached hydrogens (tertiary/aromatic N) is 1. The Kier molecular flexibility index (Phi) is 4.42. The SMILES string of the molecule is COc1ccc(COc2c(C)cccc2C)cc1[N+](=O)[O-].